The molecule has 14 heteroatoms. The topological polar surface area (TPSA) is 78.5 Å². The number of carbonyl (C=O) groups is 1. The average Bonchev–Trinajstić information content (AvgIpc) is 2.96. The lowest BCUT2D eigenvalue weighted by atomic mass is 9.81. The summed E-state index contributed by atoms with van der Waals surface area (Å²) in [7, 11) is -2.86. The predicted octanol–water partition coefficient (Wildman–Crippen LogP) is 6.10. The molecular weight excluding hydrogens is 627 g/mol. The van der Waals surface area contributed by atoms with Crippen molar-refractivity contribution in [2.45, 2.75) is 69.6 Å². The smallest absolute Gasteiger partial charge is 0.316 e. The van der Waals surface area contributed by atoms with E-state index in [0.717, 1.165) is 30.4 Å². The van der Waals surface area contributed by atoms with Crippen LogP contribution >= 0.6 is 0 Å². The Morgan fingerprint density at radius 3 is 2.11 bits per heavy atom. The SMILES string of the molecule is Cc1cc(F)ccc1CS(=O)(=O)C1=C(N(C)C(=O)C(C)(C)c2cc(C(F)(F)F)cc(C(F)(F)F)c2)CN[C@@H]([C@@H]2CCCNC2)C1. The highest BCUT2D eigenvalue weighted by Gasteiger charge is 2.43. The summed E-state index contributed by atoms with van der Waals surface area (Å²) in [4.78, 5) is 14.9. The van der Waals surface area contributed by atoms with Crippen LogP contribution in [0, 0.1) is 18.7 Å². The first-order valence-corrected chi connectivity index (χ1v) is 16.1. The molecule has 1 saturated heterocycles. The van der Waals surface area contributed by atoms with Gasteiger partial charge in [-0.25, -0.2) is 12.8 Å². The summed E-state index contributed by atoms with van der Waals surface area (Å²) in [5, 5.41) is 6.60. The van der Waals surface area contributed by atoms with Crippen molar-refractivity contribution in [3.8, 4) is 0 Å². The van der Waals surface area contributed by atoms with E-state index in [-0.39, 0.29) is 41.6 Å². The van der Waals surface area contributed by atoms with Crippen LogP contribution in [0.1, 0.15) is 60.9 Å². The van der Waals surface area contributed by atoms with E-state index in [4.69, 9.17) is 0 Å². The lowest BCUT2D eigenvalue weighted by Gasteiger charge is -2.39. The number of hydrogen-bond donors (Lipinski definition) is 2. The van der Waals surface area contributed by atoms with Gasteiger partial charge in [-0.1, -0.05) is 6.07 Å². The van der Waals surface area contributed by atoms with Crippen LogP contribution < -0.4 is 10.6 Å². The molecule has 45 heavy (non-hydrogen) atoms. The third kappa shape index (κ3) is 7.71. The molecule has 2 aliphatic heterocycles. The fourth-order valence-electron chi connectivity index (χ4n) is 5.98. The van der Waals surface area contributed by atoms with Gasteiger partial charge in [-0.15, -0.1) is 0 Å². The molecule has 2 atom stereocenters. The quantitative estimate of drug-likeness (QED) is 0.351. The largest absolute Gasteiger partial charge is 0.416 e. The van der Waals surface area contributed by atoms with Gasteiger partial charge in [0.25, 0.3) is 0 Å². The van der Waals surface area contributed by atoms with Crippen LogP contribution in [0.3, 0.4) is 0 Å². The lowest BCUT2D eigenvalue weighted by Crippen LogP contribution is -2.51. The number of sulfone groups is 1. The summed E-state index contributed by atoms with van der Waals surface area (Å²) in [6.07, 6.45) is -8.48. The Morgan fingerprint density at radius 2 is 1.58 bits per heavy atom. The van der Waals surface area contributed by atoms with Gasteiger partial charge in [0, 0.05) is 31.8 Å². The fraction of sp³-hybridized carbons (Fsp3) is 0.516. The van der Waals surface area contributed by atoms with Crippen molar-refractivity contribution in [2.75, 3.05) is 26.7 Å². The summed E-state index contributed by atoms with van der Waals surface area (Å²) >= 11 is 0. The van der Waals surface area contributed by atoms with Crippen LogP contribution in [0.25, 0.3) is 0 Å². The first-order valence-electron chi connectivity index (χ1n) is 14.4. The van der Waals surface area contributed by atoms with Crippen molar-refractivity contribution in [3.63, 3.8) is 0 Å². The highest BCUT2D eigenvalue weighted by atomic mass is 32.2. The molecule has 0 bridgehead atoms. The summed E-state index contributed by atoms with van der Waals surface area (Å²) in [5.41, 5.74) is -4.74. The highest BCUT2D eigenvalue weighted by Crippen LogP contribution is 2.40. The number of rotatable bonds is 7. The van der Waals surface area contributed by atoms with Gasteiger partial charge in [-0.05, 0) is 99.6 Å². The summed E-state index contributed by atoms with van der Waals surface area (Å²) in [5.74, 6) is -1.82. The van der Waals surface area contributed by atoms with Crippen molar-refractivity contribution in [1.29, 1.82) is 0 Å². The Bertz CT molecular complexity index is 1550. The number of likely N-dealkylation sites (N-methyl/N-ethyl adjacent to an activating group) is 1. The number of aryl methyl sites for hydroxylation is 1. The van der Waals surface area contributed by atoms with E-state index in [1.807, 2.05) is 0 Å². The van der Waals surface area contributed by atoms with Crippen molar-refractivity contribution in [2.24, 2.45) is 5.92 Å². The first-order chi connectivity index (χ1) is 20.7. The first kappa shape index (κ1) is 34.9. The van der Waals surface area contributed by atoms with E-state index in [1.165, 1.54) is 33.0 Å². The number of benzene rings is 2. The standard InChI is InChI=1S/C31H36F7N3O3S/c1-18-10-24(32)8-7-20(18)17-45(43,44)27-14-25(19-6-5-9-39-15-19)40-16-26(27)41(4)28(42)29(2,3)21-11-22(30(33,34)35)13-23(12-21)31(36,37)38/h7-8,10-13,19,25,39-40H,5-6,9,14-17H2,1-4H3/t19-,25-/m1/s1. The third-order valence-corrected chi connectivity index (χ3v) is 10.6. The summed E-state index contributed by atoms with van der Waals surface area (Å²) in [6.45, 7) is 5.38. The summed E-state index contributed by atoms with van der Waals surface area (Å²) in [6, 6.07) is 4.47. The van der Waals surface area contributed by atoms with Crippen molar-refractivity contribution >= 4 is 15.7 Å². The molecule has 4 rings (SSSR count). The number of hydrogen-bond acceptors (Lipinski definition) is 5. The van der Waals surface area contributed by atoms with E-state index in [2.05, 4.69) is 10.6 Å². The normalized spacial score (nSPS) is 20.3. The second-order valence-electron chi connectivity index (χ2n) is 12.3. The molecule has 0 aliphatic carbocycles. The molecule has 0 aromatic heterocycles. The number of piperidine rings is 1. The minimum Gasteiger partial charge on any atom is -0.316 e. The molecule has 2 aromatic rings. The number of nitrogens with one attached hydrogen (secondary N) is 2. The van der Waals surface area contributed by atoms with Gasteiger partial charge >= 0.3 is 12.4 Å². The van der Waals surface area contributed by atoms with Crippen molar-refractivity contribution < 1.29 is 43.9 Å². The van der Waals surface area contributed by atoms with Gasteiger partial charge in [-0.2, -0.15) is 26.3 Å². The molecule has 2 aliphatic rings. The van der Waals surface area contributed by atoms with Gasteiger partial charge in [-0.3, -0.25) is 4.79 Å². The average molecular weight is 664 g/mol. The zero-order valence-corrected chi connectivity index (χ0v) is 26.1. The summed E-state index contributed by atoms with van der Waals surface area (Å²) < 4.78 is 123. The maximum absolute atomic E-state index is 14.0. The molecule has 0 unspecified atom stereocenters. The van der Waals surface area contributed by atoms with Crippen LogP contribution in [0.15, 0.2) is 47.0 Å². The van der Waals surface area contributed by atoms with Gasteiger partial charge in [0.15, 0.2) is 9.84 Å². The Balaban J connectivity index is 1.78. The third-order valence-electron chi connectivity index (χ3n) is 8.74. The number of halogens is 7. The Kier molecular flexibility index (Phi) is 9.83. The maximum atomic E-state index is 14.0. The van der Waals surface area contributed by atoms with Gasteiger partial charge in [0.2, 0.25) is 5.91 Å². The molecular formula is C31H36F7N3O3S. The monoisotopic (exact) mass is 663 g/mol. The fourth-order valence-corrected chi connectivity index (χ4v) is 7.89. The Morgan fingerprint density at radius 1 is 0.978 bits per heavy atom. The van der Waals surface area contributed by atoms with Crippen LogP contribution in [0.5, 0.6) is 0 Å². The molecule has 2 aromatic carbocycles. The molecule has 1 fully saturated rings. The molecule has 0 radical (unpaired) electrons. The van der Waals surface area contributed by atoms with E-state index in [0.29, 0.717) is 29.8 Å². The maximum Gasteiger partial charge on any atom is 0.416 e. The van der Waals surface area contributed by atoms with Crippen LogP contribution in [0.4, 0.5) is 30.7 Å². The molecule has 0 spiro atoms. The van der Waals surface area contributed by atoms with Crippen LogP contribution in [0.2, 0.25) is 0 Å². The number of alkyl halides is 6. The molecule has 1 amide bonds. The van der Waals surface area contributed by atoms with E-state index >= 15 is 0 Å². The van der Waals surface area contributed by atoms with Gasteiger partial charge in [0.05, 0.1) is 27.2 Å². The van der Waals surface area contributed by atoms with Gasteiger partial charge < -0.3 is 15.5 Å². The minimum atomic E-state index is -5.11. The molecule has 0 saturated carbocycles. The Hall–Kier alpha value is -2.97. The molecule has 6 nitrogen and oxygen atoms in total. The minimum absolute atomic E-state index is 0.0102. The zero-order chi connectivity index (χ0) is 33.5. The molecule has 2 heterocycles. The Labute approximate surface area is 258 Å². The predicted molar refractivity (Wildman–Crippen MR) is 155 cm³/mol. The second kappa shape index (κ2) is 12.7. The van der Waals surface area contributed by atoms with Crippen LogP contribution in [-0.2, 0) is 38.2 Å². The van der Waals surface area contributed by atoms with Crippen LogP contribution in [-0.4, -0.2) is 51.9 Å². The van der Waals surface area contributed by atoms with E-state index in [9.17, 15) is 43.9 Å². The zero-order valence-electron chi connectivity index (χ0n) is 25.3. The van der Waals surface area contributed by atoms with Gasteiger partial charge in [0.1, 0.15) is 5.82 Å². The number of carbonyl (C=O) groups excluding carboxylic acids is 1. The molecule has 248 valence electrons. The van der Waals surface area contributed by atoms with Crippen molar-refractivity contribution in [3.05, 3.63) is 80.6 Å². The van der Waals surface area contributed by atoms with E-state index in [1.54, 1.807) is 6.92 Å². The highest BCUT2D eigenvalue weighted by molar-refractivity contribution is 7.94. The second-order valence-corrected chi connectivity index (χ2v) is 14.3. The molecule has 2 N–H and O–H groups in total. The van der Waals surface area contributed by atoms with E-state index < -0.39 is 61.8 Å². The lowest BCUT2D eigenvalue weighted by molar-refractivity contribution is -0.143. The number of nitrogens with zero attached hydrogens (tertiary/aromatic N) is 1. The number of amides is 1. The van der Waals surface area contributed by atoms with Crippen molar-refractivity contribution in [1.82, 2.24) is 15.5 Å².